The van der Waals surface area contributed by atoms with E-state index in [1.807, 2.05) is 0 Å². The first-order chi connectivity index (χ1) is 8.15. The molecular formula is C11H22N2O5. The summed E-state index contributed by atoms with van der Waals surface area (Å²) in [5.74, 6) is -1.03. The van der Waals surface area contributed by atoms with Crippen LogP contribution >= 0.6 is 0 Å². The third-order valence-corrected chi connectivity index (χ3v) is 1.98. The fraction of sp³-hybridized carbons (Fsp3) is 0.818. The summed E-state index contributed by atoms with van der Waals surface area (Å²) in [5, 5.41) is 11.2. The Morgan fingerprint density at radius 2 is 1.94 bits per heavy atom. The number of rotatable bonds is 6. The van der Waals surface area contributed by atoms with Gasteiger partial charge in [-0.2, -0.15) is 0 Å². The van der Waals surface area contributed by atoms with E-state index >= 15 is 0 Å². The van der Waals surface area contributed by atoms with Gasteiger partial charge in [-0.05, 0) is 20.8 Å². The molecule has 7 heteroatoms. The first-order valence-electron chi connectivity index (χ1n) is 5.61. The largest absolute Gasteiger partial charge is 0.481 e. The van der Waals surface area contributed by atoms with Crippen molar-refractivity contribution in [1.82, 2.24) is 5.32 Å². The highest BCUT2D eigenvalue weighted by atomic mass is 16.6. The number of hydrogen-bond acceptors (Lipinski definition) is 5. The van der Waals surface area contributed by atoms with Crippen LogP contribution in [0.2, 0.25) is 0 Å². The van der Waals surface area contributed by atoms with E-state index in [2.05, 4.69) is 5.32 Å². The van der Waals surface area contributed by atoms with Crippen molar-refractivity contribution in [2.75, 3.05) is 13.7 Å². The molecule has 18 heavy (non-hydrogen) atoms. The standard InChI is InChI=1S/C11H22N2O5/c1-11(2,3)18-10(16)13-8(6-17-4)7(12)5-9(14)15/h7-8H,5-6,12H2,1-4H3,(H,13,16)(H,14,15)/t7-,8-/m1/s1. The number of ether oxygens (including phenoxy) is 2. The van der Waals surface area contributed by atoms with Crippen molar-refractivity contribution in [2.24, 2.45) is 5.73 Å². The molecule has 1 amide bonds. The van der Waals surface area contributed by atoms with Gasteiger partial charge < -0.3 is 25.6 Å². The van der Waals surface area contributed by atoms with Gasteiger partial charge in [-0.25, -0.2) is 4.79 Å². The van der Waals surface area contributed by atoms with Crippen LogP contribution in [0.1, 0.15) is 27.2 Å². The molecule has 0 unspecified atom stereocenters. The number of carboxylic acid groups (broad SMARTS) is 1. The topological polar surface area (TPSA) is 111 Å². The summed E-state index contributed by atoms with van der Waals surface area (Å²) in [4.78, 5) is 22.1. The van der Waals surface area contributed by atoms with Gasteiger partial charge >= 0.3 is 12.1 Å². The minimum atomic E-state index is -1.03. The number of carbonyl (C=O) groups is 2. The molecule has 0 aliphatic rings. The van der Waals surface area contributed by atoms with Crippen LogP contribution < -0.4 is 11.1 Å². The minimum Gasteiger partial charge on any atom is -0.481 e. The lowest BCUT2D eigenvalue weighted by Gasteiger charge is -2.26. The summed E-state index contributed by atoms with van der Waals surface area (Å²) in [7, 11) is 1.44. The zero-order chi connectivity index (χ0) is 14.3. The molecule has 106 valence electrons. The van der Waals surface area contributed by atoms with Crippen molar-refractivity contribution in [3.05, 3.63) is 0 Å². The second kappa shape index (κ2) is 7.17. The van der Waals surface area contributed by atoms with Gasteiger partial charge in [0.25, 0.3) is 0 Å². The van der Waals surface area contributed by atoms with E-state index in [1.165, 1.54) is 7.11 Å². The second-order valence-corrected chi connectivity index (χ2v) is 4.97. The molecule has 0 bridgehead atoms. The number of carbonyl (C=O) groups excluding carboxylic acids is 1. The molecule has 4 N–H and O–H groups in total. The summed E-state index contributed by atoms with van der Waals surface area (Å²) >= 11 is 0. The fourth-order valence-electron chi connectivity index (χ4n) is 1.25. The fourth-order valence-corrected chi connectivity index (χ4v) is 1.25. The van der Waals surface area contributed by atoms with Gasteiger partial charge in [0.2, 0.25) is 0 Å². The van der Waals surface area contributed by atoms with E-state index in [4.69, 9.17) is 20.3 Å². The van der Waals surface area contributed by atoms with E-state index in [9.17, 15) is 9.59 Å². The monoisotopic (exact) mass is 262 g/mol. The maximum Gasteiger partial charge on any atom is 0.408 e. The van der Waals surface area contributed by atoms with Gasteiger partial charge in [0.1, 0.15) is 5.60 Å². The van der Waals surface area contributed by atoms with Gasteiger partial charge in [-0.1, -0.05) is 0 Å². The lowest BCUT2D eigenvalue weighted by Crippen LogP contribution is -2.52. The van der Waals surface area contributed by atoms with Gasteiger partial charge in [0.05, 0.1) is 19.1 Å². The Bertz CT molecular complexity index is 288. The van der Waals surface area contributed by atoms with E-state index in [1.54, 1.807) is 20.8 Å². The minimum absolute atomic E-state index is 0.119. The van der Waals surface area contributed by atoms with E-state index < -0.39 is 29.7 Å². The number of amides is 1. The second-order valence-electron chi connectivity index (χ2n) is 4.97. The van der Waals surface area contributed by atoms with Crippen LogP contribution in [0.5, 0.6) is 0 Å². The van der Waals surface area contributed by atoms with Crippen LogP contribution in [-0.4, -0.2) is 48.6 Å². The Labute approximate surface area is 107 Å². The maximum atomic E-state index is 11.5. The Morgan fingerprint density at radius 1 is 1.39 bits per heavy atom. The number of carboxylic acids is 1. The SMILES string of the molecule is COC[C@@H](NC(=O)OC(C)(C)C)[C@H](N)CC(=O)O. The van der Waals surface area contributed by atoms with Gasteiger partial charge in [0.15, 0.2) is 0 Å². The number of nitrogens with one attached hydrogen (secondary N) is 1. The summed E-state index contributed by atoms with van der Waals surface area (Å²) in [6.45, 7) is 5.31. The molecular weight excluding hydrogens is 240 g/mol. The van der Waals surface area contributed by atoms with Crippen molar-refractivity contribution >= 4 is 12.1 Å². The number of methoxy groups -OCH3 is 1. The molecule has 0 radical (unpaired) electrons. The lowest BCUT2D eigenvalue weighted by atomic mass is 10.1. The molecule has 0 aliphatic heterocycles. The predicted molar refractivity (Wildman–Crippen MR) is 65.3 cm³/mol. The summed E-state index contributed by atoms with van der Waals surface area (Å²) < 4.78 is 9.96. The Hall–Kier alpha value is -1.34. The molecule has 0 heterocycles. The number of aliphatic carboxylic acids is 1. The molecule has 0 aromatic rings. The van der Waals surface area contributed by atoms with Gasteiger partial charge in [-0.3, -0.25) is 4.79 Å². The zero-order valence-corrected chi connectivity index (χ0v) is 11.2. The maximum absolute atomic E-state index is 11.5. The quantitative estimate of drug-likeness (QED) is 0.636. The van der Waals surface area contributed by atoms with Crippen LogP contribution in [0.25, 0.3) is 0 Å². The van der Waals surface area contributed by atoms with Crippen molar-refractivity contribution < 1.29 is 24.2 Å². The van der Waals surface area contributed by atoms with Crippen LogP contribution in [0.4, 0.5) is 4.79 Å². The molecule has 0 fully saturated rings. The third kappa shape index (κ3) is 7.86. The summed E-state index contributed by atoms with van der Waals surface area (Å²) in [6.07, 6.45) is -0.908. The van der Waals surface area contributed by atoms with Crippen LogP contribution in [-0.2, 0) is 14.3 Å². The molecule has 0 aromatic heterocycles. The van der Waals surface area contributed by atoms with Crippen molar-refractivity contribution in [1.29, 1.82) is 0 Å². The molecule has 0 aromatic carbocycles. The summed E-state index contributed by atoms with van der Waals surface area (Å²) in [6, 6.07) is -1.35. The zero-order valence-electron chi connectivity index (χ0n) is 11.2. The normalized spacial score (nSPS) is 14.7. The van der Waals surface area contributed by atoms with Crippen LogP contribution in [0.15, 0.2) is 0 Å². The Balaban J connectivity index is 4.43. The van der Waals surface area contributed by atoms with E-state index in [-0.39, 0.29) is 13.0 Å². The van der Waals surface area contributed by atoms with E-state index in [0.717, 1.165) is 0 Å². The third-order valence-electron chi connectivity index (χ3n) is 1.98. The molecule has 0 aliphatic carbocycles. The van der Waals surface area contributed by atoms with Gasteiger partial charge in [-0.15, -0.1) is 0 Å². The van der Waals surface area contributed by atoms with Crippen LogP contribution in [0.3, 0.4) is 0 Å². The molecule has 0 saturated heterocycles. The predicted octanol–water partition coefficient (Wildman–Crippen LogP) is 0.328. The molecule has 7 nitrogen and oxygen atoms in total. The lowest BCUT2D eigenvalue weighted by molar-refractivity contribution is -0.137. The average molecular weight is 262 g/mol. The molecule has 2 atom stereocenters. The Morgan fingerprint density at radius 3 is 2.33 bits per heavy atom. The van der Waals surface area contributed by atoms with Crippen LogP contribution in [0, 0.1) is 0 Å². The molecule has 0 saturated carbocycles. The molecule has 0 spiro atoms. The van der Waals surface area contributed by atoms with Crippen molar-refractivity contribution in [3.8, 4) is 0 Å². The highest BCUT2D eigenvalue weighted by Crippen LogP contribution is 2.07. The average Bonchev–Trinajstić information content (AvgIpc) is 2.12. The first kappa shape index (κ1) is 16.7. The molecule has 0 rings (SSSR count). The first-order valence-corrected chi connectivity index (χ1v) is 5.61. The highest BCUT2D eigenvalue weighted by molar-refractivity contribution is 5.69. The number of hydrogen-bond donors (Lipinski definition) is 3. The number of alkyl carbamates (subject to hydrolysis) is 1. The number of nitrogens with two attached hydrogens (primary N) is 1. The van der Waals surface area contributed by atoms with E-state index in [0.29, 0.717) is 0 Å². The Kier molecular flexibility index (Phi) is 6.64. The smallest absolute Gasteiger partial charge is 0.408 e. The van der Waals surface area contributed by atoms with Crippen molar-refractivity contribution in [3.63, 3.8) is 0 Å². The van der Waals surface area contributed by atoms with Crippen molar-refractivity contribution in [2.45, 2.75) is 44.9 Å². The highest BCUT2D eigenvalue weighted by Gasteiger charge is 2.25. The van der Waals surface area contributed by atoms with Gasteiger partial charge in [0, 0.05) is 13.2 Å². The summed E-state index contributed by atoms with van der Waals surface area (Å²) in [5.41, 5.74) is 5.06.